The Balaban J connectivity index is 1.58. The van der Waals surface area contributed by atoms with Gasteiger partial charge in [-0.25, -0.2) is 0 Å². The molecule has 2 rings (SSSR count). The number of piperazine rings is 1. The first kappa shape index (κ1) is 15.0. The minimum absolute atomic E-state index is 0.676. The third-order valence-electron chi connectivity index (χ3n) is 4.21. The van der Waals surface area contributed by atoms with Gasteiger partial charge in [0.25, 0.3) is 0 Å². The highest BCUT2D eigenvalue weighted by Crippen LogP contribution is 2.12. The summed E-state index contributed by atoms with van der Waals surface area (Å²) in [6.07, 6.45) is 1.15. The molecule has 2 atom stereocenters. The summed E-state index contributed by atoms with van der Waals surface area (Å²) in [5.41, 5.74) is 1.46. The zero-order valence-electron chi connectivity index (χ0n) is 12.4. The fourth-order valence-corrected chi connectivity index (χ4v) is 3.43. The van der Waals surface area contributed by atoms with Crippen LogP contribution in [0.5, 0.6) is 0 Å². The van der Waals surface area contributed by atoms with Crippen molar-refractivity contribution in [2.24, 2.45) is 0 Å². The second-order valence-corrected chi connectivity index (χ2v) is 6.53. The van der Waals surface area contributed by atoms with Crippen molar-refractivity contribution in [2.45, 2.75) is 32.4 Å². The largest absolute Gasteiger partial charge is 0.315 e. The quantitative estimate of drug-likeness (QED) is 0.804. The molecule has 0 bridgehead atoms. The maximum atomic E-state index is 3.56. The zero-order chi connectivity index (χ0) is 13.7. The van der Waals surface area contributed by atoms with Crippen LogP contribution in [0.1, 0.15) is 19.4 Å². The zero-order valence-corrected chi connectivity index (χ0v) is 13.2. The fourth-order valence-electron chi connectivity index (χ4n) is 2.73. The summed E-state index contributed by atoms with van der Waals surface area (Å²) < 4.78 is 0. The highest BCUT2D eigenvalue weighted by Gasteiger charge is 2.25. The van der Waals surface area contributed by atoms with Gasteiger partial charge < -0.3 is 5.32 Å². The number of hydrogen-bond acceptors (Lipinski definition) is 4. The average molecular weight is 281 g/mol. The van der Waals surface area contributed by atoms with Crippen LogP contribution in [-0.4, -0.2) is 61.7 Å². The van der Waals surface area contributed by atoms with E-state index in [1.54, 1.807) is 11.3 Å². The summed E-state index contributed by atoms with van der Waals surface area (Å²) in [7, 11) is 2.24. The van der Waals surface area contributed by atoms with Crippen molar-refractivity contribution >= 4 is 11.3 Å². The van der Waals surface area contributed by atoms with E-state index in [0.717, 1.165) is 19.5 Å². The van der Waals surface area contributed by atoms with Crippen LogP contribution >= 0.6 is 11.3 Å². The summed E-state index contributed by atoms with van der Waals surface area (Å²) in [5.74, 6) is 0. The number of rotatable bonds is 6. The molecule has 1 N–H and O–H groups in total. The molecule has 108 valence electrons. The molecular formula is C15H27N3S. The molecule has 0 saturated carbocycles. The summed E-state index contributed by atoms with van der Waals surface area (Å²) in [5, 5.41) is 7.96. The van der Waals surface area contributed by atoms with E-state index in [9.17, 15) is 0 Å². The number of nitrogens with one attached hydrogen (secondary N) is 1. The van der Waals surface area contributed by atoms with Crippen LogP contribution in [0.3, 0.4) is 0 Å². The molecule has 0 amide bonds. The lowest BCUT2D eigenvalue weighted by molar-refractivity contribution is 0.0608. The van der Waals surface area contributed by atoms with Crippen molar-refractivity contribution in [3.63, 3.8) is 0 Å². The van der Waals surface area contributed by atoms with Gasteiger partial charge in [0.05, 0.1) is 0 Å². The van der Waals surface area contributed by atoms with E-state index in [4.69, 9.17) is 0 Å². The maximum Gasteiger partial charge on any atom is 0.0195 e. The lowest BCUT2D eigenvalue weighted by atomic mass is 10.1. The van der Waals surface area contributed by atoms with Crippen molar-refractivity contribution in [3.05, 3.63) is 22.4 Å². The molecule has 4 heteroatoms. The van der Waals surface area contributed by atoms with Gasteiger partial charge in [-0.15, -0.1) is 0 Å². The summed E-state index contributed by atoms with van der Waals surface area (Å²) in [4.78, 5) is 5.08. The lowest BCUT2D eigenvalue weighted by Crippen LogP contribution is -2.55. The standard InChI is InChI=1S/C15H27N3S/c1-13-10-18(11-14(2)17(13)3)8-7-16-6-4-15-5-9-19-12-15/h5,9,12-14,16H,4,6-8,10-11H2,1-3H3. The predicted octanol–water partition coefficient (Wildman–Crippen LogP) is 1.90. The Kier molecular flexibility index (Phi) is 5.82. The first-order valence-corrected chi connectivity index (χ1v) is 8.27. The van der Waals surface area contributed by atoms with Gasteiger partial charge in [0.2, 0.25) is 0 Å². The van der Waals surface area contributed by atoms with Gasteiger partial charge in [0, 0.05) is 38.3 Å². The molecule has 1 fully saturated rings. The monoisotopic (exact) mass is 281 g/mol. The Morgan fingerprint density at radius 1 is 1.26 bits per heavy atom. The first-order chi connectivity index (χ1) is 9.16. The summed E-state index contributed by atoms with van der Waals surface area (Å²) >= 11 is 1.79. The van der Waals surface area contributed by atoms with Crippen molar-refractivity contribution in [3.8, 4) is 0 Å². The minimum atomic E-state index is 0.676. The second-order valence-electron chi connectivity index (χ2n) is 5.75. The van der Waals surface area contributed by atoms with Crippen molar-refractivity contribution in [1.82, 2.24) is 15.1 Å². The van der Waals surface area contributed by atoms with Crippen LogP contribution in [0.4, 0.5) is 0 Å². The Bertz CT molecular complexity index is 340. The van der Waals surface area contributed by atoms with Crippen molar-refractivity contribution in [1.29, 1.82) is 0 Å². The number of thiophene rings is 1. The molecule has 0 aliphatic carbocycles. The number of nitrogens with zero attached hydrogens (tertiary/aromatic N) is 2. The van der Waals surface area contributed by atoms with Crippen LogP contribution in [0.15, 0.2) is 16.8 Å². The number of likely N-dealkylation sites (N-methyl/N-ethyl adjacent to an activating group) is 1. The van der Waals surface area contributed by atoms with Gasteiger partial charge in [0.1, 0.15) is 0 Å². The van der Waals surface area contributed by atoms with Crippen LogP contribution < -0.4 is 5.32 Å². The van der Waals surface area contributed by atoms with Gasteiger partial charge in [-0.3, -0.25) is 9.80 Å². The Morgan fingerprint density at radius 3 is 2.63 bits per heavy atom. The molecular weight excluding hydrogens is 254 g/mol. The van der Waals surface area contributed by atoms with Crippen LogP contribution in [0.25, 0.3) is 0 Å². The molecule has 1 aromatic heterocycles. The highest BCUT2D eigenvalue weighted by molar-refractivity contribution is 7.07. The molecule has 1 aliphatic heterocycles. The molecule has 1 saturated heterocycles. The molecule has 0 aromatic carbocycles. The molecule has 1 aromatic rings. The normalized spacial score (nSPS) is 25.8. The van der Waals surface area contributed by atoms with E-state index in [2.05, 4.69) is 52.8 Å². The summed E-state index contributed by atoms with van der Waals surface area (Å²) in [6, 6.07) is 3.57. The molecule has 1 aliphatic rings. The van der Waals surface area contributed by atoms with E-state index in [1.165, 1.54) is 25.2 Å². The predicted molar refractivity (Wildman–Crippen MR) is 84.0 cm³/mol. The lowest BCUT2D eigenvalue weighted by Gasteiger charge is -2.42. The third kappa shape index (κ3) is 4.56. The van der Waals surface area contributed by atoms with Gasteiger partial charge in [-0.1, -0.05) is 0 Å². The minimum Gasteiger partial charge on any atom is -0.315 e. The van der Waals surface area contributed by atoms with Gasteiger partial charge in [-0.05, 0) is 56.3 Å². The highest BCUT2D eigenvalue weighted by atomic mass is 32.1. The van der Waals surface area contributed by atoms with Crippen LogP contribution in [-0.2, 0) is 6.42 Å². The second kappa shape index (κ2) is 7.39. The Morgan fingerprint density at radius 2 is 2.00 bits per heavy atom. The number of hydrogen-bond donors (Lipinski definition) is 1. The average Bonchev–Trinajstić information content (AvgIpc) is 2.88. The van der Waals surface area contributed by atoms with E-state index < -0.39 is 0 Å². The first-order valence-electron chi connectivity index (χ1n) is 7.33. The molecule has 2 heterocycles. The van der Waals surface area contributed by atoms with Gasteiger partial charge in [-0.2, -0.15) is 11.3 Å². The fraction of sp³-hybridized carbons (Fsp3) is 0.733. The summed E-state index contributed by atoms with van der Waals surface area (Å²) in [6.45, 7) is 10.4. The Labute approximate surface area is 121 Å². The van der Waals surface area contributed by atoms with Crippen LogP contribution in [0.2, 0.25) is 0 Å². The van der Waals surface area contributed by atoms with Crippen molar-refractivity contribution in [2.75, 3.05) is 39.8 Å². The SMILES string of the molecule is CC1CN(CCNCCc2ccsc2)CC(C)N1C. The molecule has 0 radical (unpaired) electrons. The molecule has 3 nitrogen and oxygen atoms in total. The smallest absolute Gasteiger partial charge is 0.0195 e. The van der Waals surface area contributed by atoms with E-state index in [1.807, 2.05) is 0 Å². The van der Waals surface area contributed by atoms with E-state index >= 15 is 0 Å². The third-order valence-corrected chi connectivity index (χ3v) is 4.94. The molecule has 2 unspecified atom stereocenters. The van der Waals surface area contributed by atoms with Crippen molar-refractivity contribution < 1.29 is 0 Å². The van der Waals surface area contributed by atoms with Gasteiger partial charge >= 0.3 is 0 Å². The van der Waals surface area contributed by atoms with Gasteiger partial charge in [0.15, 0.2) is 0 Å². The maximum absolute atomic E-state index is 3.56. The topological polar surface area (TPSA) is 18.5 Å². The Hall–Kier alpha value is -0.420. The van der Waals surface area contributed by atoms with Crippen LogP contribution in [0, 0.1) is 0 Å². The van der Waals surface area contributed by atoms with E-state index in [-0.39, 0.29) is 0 Å². The molecule has 19 heavy (non-hydrogen) atoms. The van der Waals surface area contributed by atoms with E-state index in [0.29, 0.717) is 12.1 Å². The molecule has 0 spiro atoms.